The highest BCUT2D eigenvalue weighted by Gasteiger charge is 2.33. The maximum atomic E-state index is 12.4. The monoisotopic (exact) mass is 274 g/mol. The Labute approximate surface area is 115 Å². The number of nitrogen functional groups attached to an aromatic ring is 1. The molecule has 98 valence electrons. The van der Waals surface area contributed by atoms with E-state index in [1.807, 2.05) is 17.0 Å². The predicted molar refractivity (Wildman–Crippen MR) is 73.7 cm³/mol. The molecular weight excluding hydrogens is 260 g/mol. The van der Waals surface area contributed by atoms with E-state index in [4.69, 9.17) is 5.73 Å². The van der Waals surface area contributed by atoms with Gasteiger partial charge in [0.2, 0.25) is 0 Å². The largest absolute Gasteiger partial charge is 0.375 e. The summed E-state index contributed by atoms with van der Waals surface area (Å²) in [5.41, 5.74) is 7.12. The molecular formula is C13H14N4OS. The van der Waals surface area contributed by atoms with Crippen molar-refractivity contribution in [1.29, 1.82) is 0 Å². The molecule has 0 aliphatic heterocycles. The molecule has 0 aromatic carbocycles. The van der Waals surface area contributed by atoms with Crippen LogP contribution in [-0.4, -0.2) is 26.8 Å². The van der Waals surface area contributed by atoms with Gasteiger partial charge in [0, 0.05) is 30.4 Å². The molecule has 0 unspecified atom stereocenters. The lowest BCUT2D eigenvalue weighted by molar-refractivity contribution is 0.0725. The normalized spacial score (nSPS) is 14.3. The maximum absolute atomic E-state index is 12.4. The van der Waals surface area contributed by atoms with Gasteiger partial charge in [0.15, 0.2) is 5.13 Å². The quantitative estimate of drug-likeness (QED) is 0.924. The third kappa shape index (κ3) is 2.73. The van der Waals surface area contributed by atoms with Crippen molar-refractivity contribution in [2.45, 2.75) is 25.4 Å². The van der Waals surface area contributed by atoms with Crippen molar-refractivity contribution in [1.82, 2.24) is 14.9 Å². The van der Waals surface area contributed by atoms with Crippen molar-refractivity contribution in [2.24, 2.45) is 0 Å². The van der Waals surface area contributed by atoms with Gasteiger partial charge in [-0.2, -0.15) is 0 Å². The maximum Gasteiger partial charge on any atom is 0.273 e. The Bertz CT molecular complexity index is 579. The van der Waals surface area contributed by atoms with E-state index in [0.29, 0.717) is 23.4 Å². The van der Waals surface area contributed by atoms with Gasteiger partial charge in [0.05, 0.1) is 0 Å². The number of hydrogen-bond donors (Lipinski definition) is 1. The summed E-state index contributed by atoms with van der Waals surface area (Å²) in [6.45, 7) is 0.601. The number of rotatable bonds is 4. The van der Waals surface area contributed by atoms with E-state index in [9.17, 15) is 4.79 Å². The highest BCUT2D eigenvalue weighted by molar-refractivity contribution is 7.13. The third-order valence-electron chi connectivity index (χ3n) is 3.09. The first-order valence-electron chi connectivity index (χ1n) is 6.15. The fourth-order valence-corrected chi connectivity index (χ4v) is 2.51. The minimum atomic E-state index is -0.0349. The molecule has 3 rings (SSSR count). The summed E-state index contributed by atoms with van der Waals surface area (Å²) >= 11 is 1.30. The average Bonchev–Trinajstić information content (AvgIpc) is 3.18. The summed E-state index contributed by atoms with van der Waals surface area (Å²) in [6.07, 6.45) is 5.62. The summed E-state index contributed by atoms with van der Waals surface area (Å²) in [5, 5.41) is 2.16. The number of nitrogens with zero attached hydrogens (tertiary/aromatic N) is 3. The summed E-state index contributed by atoms with van der Waals surface area (Å²) in [4.78, 5) is 22.4. The Morgan fingerprint density at radius 3 is 2.74 bits per heavy atom. The zero-order valence-corrected chi connectivity index (χ0v) is 11.1. The van der Waals surface area contributed by atoms with Crippen molar-refractivity contribution in [3.05, 3.63) is 41.2 Å². The Hall–Kier alpha value is -1.95. The number of thiazole rings is 1. The van der Waals surface area contributed by atoms with Crippen molar-refractivity contribution < 1.29 is 4.79 Å². The van der Waals surface area contributed by atoms with E-state index < -0.39 is 0 Å². The molecule has 2 N–H and O–H groups in total. The number of amides is 1. The zero-order valence-electron chi connectivity index (χ0n) is 10.3. The van der Waals surface area contributed by atoms with Crippen molar-refractivity contribution >= 4 is 22.4 Å². The number of nitrogens with two attached hydrogens (primary N) is 1. The van der Waals surface area contributed by atoms with Crippen LogP contribution in [0.2, 0.25) is 0 Å². The second-order valence-electron chi connectivity index (χ2n) is 4.59. The minimum Gasteiger partial charge on any atom is -0.375 e. The molecule has 0 radical (unpaired) electrons. The molecule has 0 bridgehead atoms. The smallest absolute Gasteiger partial charge is 0.273 e. The van der Waals surface area contributed by atoms with Crippen LogP contribution in [0, 0.1) is 0 Å². The van der Waals surface area contributed by atoms with Gasteiger partial charge in [-0.15, -0.1) is 11.3 Å². The molecule has 6 heteroatoms. The molecule has 2 aromatic rings. The topological polar surface area (TPSA) is 72.1 Å². The van der Waals surface area contributed by atoms with E-state index in [1.54, 1.807) is 17.8 Å². The first-order valence-corrected chi connectivity index (χ1v) is 7.03. The van der Waals surface area contributed by atoms with Crippen LogP contribution >= 0.6 is 11.3 Å². The molecule has 2 heterocycles. The standard InChI is InChI=1S/C13H14N4OS/c14-13-16-11(8-19-13)12(18)17(10-1-2-10)7-9-3-5-15-6-4-9/h3-6,8,10H,1-2,7H2,(H2,14,16). The first-order chi connectivity index (χ1) is 9.24. The fourth-order valence-electron chi connectivity index (χ4n) is 1.97. The van der Waals surface area contributed by atoms with Gasteiger partial charge < -0.3 is 10.6 Å². The van der Waals surface area contributed by atoms with Crippen LogP contribution in [-0.2, 0) is 6.54 Å². The molecule has 2 aromatic heterocycles. The SMILES string of the molecule is Nc1nc(C(=O)N(Cc2ccncc2)C2CC2)cs1. The highest BCUT2D eigenvalue weighted by Crippen LogP contribution is 2.30. The summed E-state index contributed by atoms with van der Waals surface area (Å²) in [7, 11) is 0. The van der Waals surface area contributed by atoms with Gasteiger partial charge in [-0.25, -0.2) is 4.98 Å². The van der Waals surface area contributed by atoms with Crippen LogP contribution in [0.3, 0.4) is 0 Å². The minimum absolute atomic E-state index is 0.0349. The predicted octanol–water partition coefficient (Wildman–Crippen LogP) is 1.93. The molecule has 5 nitrogen and oxygen atoms in total. The Kier molecular flexibility index (Phi) is 3.16. The molecule has 1 amide bonds. The number of pyridine rings is 1. The van der Waals surface area contributed by atoms with Crippen molar-refractivity contribution in [2.75, 3.05) is 5.73 Å². The van der Waals surface area contributed by atoms with E-state index in [1.165, 1.54) is 11.3 Å². The van der Waals surface area contributed by atoms with Crippen LogP contribution in [0.15, 0.2) is 29.9 Å². The van der Waals surface area contributed by atoms with Gasteiger partial charge in [0.25, 0.3) is 5.91 Å². The fraction of sp³-hybridized carbons (Fsp3) is 0.308. The molecule has 0 saturated heterocycles. The van der Waals surface area contributed by atoms with Crippen molar-refractivity contribution in [3.8, 4) is 0 Å². The second-order valence-corrected chi connectivity index (χ2v) is 5.48. The highest BCUT2D eigenvalue weighted by atomic mass is 32.1. The lowest BCUT2D eigenvalue weighted by Gasteiger charge is -2.21. The van der Waals surface area contributed by atoms with Gasteiger partial charge in [0.1, 0.15) is 5.69 Å². The van der Waals surface area contributed by atoms with Gasteiger partial charge >= 0.3 is 0 Å². The van der Waals surface area contributed by atoms with Crippen LogP contribution in [0.1, 0.15) is 28.9 Å². The average molecular weight is 274 g/mol. The van der Waals surface area contributed by atoms with Gasteiger partial charge in [-0.3, -0.25) is 9.78 Å². The first kappa shape index (κ1) is 12.1. The zero-order chi connectivity index (χ0) is 13.2. The van der Waals surface area contributed by atoms with E-state index in [-0.39, 0.29) is 5.91 Å². The van der Waals surface area contributed by atoms with Crippen LogP contribution in [0.25, 0.3) is 0 Å². The Morgan fingerprint density at radius 2 is 2.16 bits per heavy atom. The number of hydrogen-bond acceptors (Lipinski definition) is 5. The van der Waals surface area contributed by atoms with E-state index >= 15 is 0 Å². The van der Waals surface area contributed by atoms with Crippen molar-refractivity contribution in [3.63, 3.8) is 0 Å². The number of carbonyl (C=O) groups is 1. The summed E-state index contributed by atoms with van der Waals surface area (Å²) < 4.78 is 0. The summed E-state index contributed by atoms with van der Waals surface area (Å²) in [6, 6.07) is 4.19. The number of carbonyl (C=O) groups excluding carboxylic acids is 1. The molecule has 0 atom stereocenters. The lowest BCUT2D eigenvalue weighted by Crippen LogP contribution is -2.32. The van der Waals surface area contributed by atoms with Crippen LogP contribution in [0.5, 0.6) is 0 Å². The molecule has 1 fully saturated rings. The Balaban J connectivity index is 1.79. The van der Waals surface area contributed by atoms with E-state index in [0.717, 1.165) is 18.4 Å². The second kappa shape index (κ2) is 4.97. The van der Waals surface area contributed by atoms with Gasteiger partial charge in [-0.1, -0.05) is 0 Å². The lowest BCUT2D eigenvalue weighted by atomic mass is 10.2. The molecule has 0 spiro atoms. The number of aromatic nitrogens is 2. The number of anilines is 1. The molecule has 1 saturated carbocycles. The van der Waals surface area contributed by atoms with E-state index in [2.05, 4.69) is 9.97 Å². The molecule has 1 aliphatic rings. The van der Waals surface area contributed by atoms with Crippen LogP contribution < -0.4 is 5.73 Å². The van der Waals surface area contributed by atoms with Crippen LogP contribution in [0.4, 0.5) is 5.13 Å². The molecule has 1 aliphatic carbocycles. The Morgan fingerprint density at radius 1 is 1.42 bits per heavy atom. The molecule has 19 heavy (non-hydrogen) atoms. The third-order valence-corrected chi connectivity index (χ3v) is 3.77. The summed E-state index contributed by atoms with van der Waals surface area (Å²) in [5.74, 6) is -0.0349. The van der Waals surface area contributed by atoms with Gasteiger partial charge in [-0.05, 0) is 30.5 Å².